The Morgan fingerprint density at radius 2 is 1.74 bits per heavy atom. The summed E-state index contributed by atoms with van der Waals surface area (Å²) in [5.41, 5.74) is 0.257. The standard InChI is InChI=1S/C25H27F3N2O3S2/c1-29(18-23-6-3-15-34-23)17-19-4-2-5-22(16-19)33-21-11-13-30(14-12-21)35(31,32)24-9-7-20(8-10-24)25(26,27)28/h2-10,15-16,21H,11-14,17-18H2,1H3. The van der Waals surface area contributed by atoms with E-state index in [-0.39, 0.29) is 24.1 Å². The Hall–Kier alpha value is -2.40. The number of thiophene rings is 1. The van der Waals surface area contributed by atoms with Crippen molar-refractivity contribution in [2.24, 2.45) is 0 Å². The third-order valence-corrected chi connectivity index (χ3v) is 8.65. The molecule has 1 fully saturated rings. The summed E-state index contributed by atoms with van der Waals surface area (Å²) in [5, 5.41) is 2.07. The van der Waals surface area contributed by atoms with Crippen LogP contribution in [0.5, 0.6) is 5.75 Å². The lowest BCUT2D eigenvalue weighted by Gasteiger charge is -2.31. The van der Waals surface area contributed by atoms with E-state index in [1.807, 2.05) is 24.3 Å². The molecule has 1 aliphatic heterocycles. The fourth-order valence-corrected chi connectivity index (χ4v) is 6.35. The Kier molecular flexibility index (Phi) is 7.85. The number of hydrogen-bond donors (Lipinski definition) is 0. The molecule has 0 N–H and O–H groups in total. The molecule has 2 aromatic carbocycles. The number of piperidine rings is 1. The molecule has 4 rings (SSSR count). The van der Waals surface area contributed by atoms with Gasteiger partial charge in [0.05, 0.1) is 10.5 Å². The van der Waals surface area contributed by atoms with E-state index in [0.29, 0.717) is 12.8 Å². The summed E-state index contributed by atoms with van der Waals surface area (Å²) in [6.45, 7) is 2.14. The zero-order chi connectivity index (χ0) is 25.1. The largest absolute Gasteiger partial charge is 0.490 e. The molecule has 0 spiro atoms. The first kappa shape index (κ1) is 25.7. The molecule has 0 saturated carbocycles. The van der Waals surface area contributed by atoms with Gasteiger partial charge < -0.3 is 4.74 Å². The quantitative estimate of drug-likeness (QED) is 0.383. The summed E-state index contributed by atoms with van der Waals surface area (Å²) in [6.07, 6.45) is -3.63. The van der Waals surface area contributed by atoms with Crippen molar-refractivity contribution in [2.75, 3.05) is 20.1 Å². The summed E-state index contributed by atoms with van der Waals surface area (Å²) < 4.78 is 71.5. The van der Waals surface area contributed by atoms with Crippen LogP contribution in [-0.4, -0.2) is 43.9 Å². The predicted octanol–water partition coefficient (Wildman–Crippen LogP) is 5.63. The summed E-state index contributed by atoms with van der Waals surface area (Å²) >= 11 is 1.73. The third kappa shape index (κ3) is 6.63. The molecule has 0 unspecified atom stereocenters. The molecule has 1 aromatic heterocycles. The predicted molar refractivity (Wildman–Crippen MR) is 130 cm³/mol. The maximum absolute atomic E-state index is 12.9. The molecular formula is C25H27F3N2O3S2. The van der Waals surface area contributed by atoms with Gasteiger partial charge in [-0.1, -0.05) is 18.2 Å². The van der Waals surface area contributed by atoms with Crippen molar-refractivity contribution in [2.45, 2.75) is 43.1 Å². The highest BCUT2D eigenvalue weighted by Crippen LogP contribution is 2.31. The van der Waals surface area contributed by atoms with Crippen LogP contribution in [0.4, 0.5) is 13.2 Å². The van der Waals surface area contributed by atoms with E-state index in [4.69, 9.17) is 4.74 Å². The Morgan fingerprint density at radius 3 is 2.37 bits per heavy atom. The number of hydrogen-bond acceptors (Lipinski definition) is 5. The number of nitrogens with zero attached hydrogens (tertiary/aromatic N) is 2. The molecule has 35 heavy (non-hydrogen) atoms. The van der Waals surface area contributed by atoms with E-state index in [0.717, 1.165) is 48.7 Å². The highest BCUT2D eigenvalue weighted by Gasteiger charge is 2.33. The van der Waals surface area contributed by atoms with E-state index in [9.17, 15) is 21.6 Å². The van der Waals surface area contributed by atoms with Gasteiger partial charge in [0.2, 0.25) is 10.0 Å². The second-order valence-electron chi connectivity index (χ2n) is 8.64. The Labute approximate surface area is 207 Å². The summed E-state index contributed by atoms with van der Waals surface area (Å²) in [7, 11) is -1.79. The van der Waals surface area contributed by atoms with Gasteiger partial charge in [0.25, 0.3) is 0 Å². The monoisotopic (exact) mass is 524 g/mol. The van der Waals surface area contributed by atoms with Crippen LogP contribution in [0.25, 0.3) is 0 Å². The van der Waals surface area contributed by atoms with Gasteiger partial charge in [-0.05, 0) is 73.3 Å². The molecule has 0 atom stereocenters. The number of sulfonamides is 1. The normalized spacial score (nSPS) is 16.0. The van der Waals surface area contributed by atoms with Crippen molar-refractivity contribution in [1.29, 1.82) is 0 Å². The van der Waals surface area contributed by atoms with Crippen LogP contribution >= 0.6 is 11.3 Å². The lowest BCUT2D eigenvalue weighted by Crippen LogP contribution is -2.41. The highest BCUT2D eigenvalue weighted by molar-refractivity contribution is 7.89. The van der Waals surface area contributed by atoms with Gasteiger partial charge in [-0.25, -0.2) is 8.42 Å². The number of benzene rings is 2. The molecule has 2 heterocycles. The Balaban J connectivity index is 1.31. The average molecular weight is 525 g/mol. The van der Waals surface area contributed by atoms with E-state index in [2.05, 4.69) is 29.5 Å². The fraction of sp³-hybridized carbons (Fsp3) is 0.360. The molecule has 1 aliphatic rings. The zero-order valence-corrected chi connectivity index (χ0v) is 20.9. The van der Waals surface area contributed by atoms with Crippen LogP contribution in [0.2, 0.25) is 0 Å². The number of rotatable bonds is 8. The molecule has 0 bridgehead atoms. The van der Waals surface area contributed by atoms with Crippen LogP contribution in [0.3, 0.4) is 0 Å². The van der Waals surface area contributed by atoms with Crippen molar-refractivity contribution in [3.63, 3.8) is 0 Å². The van der Waals surface area contributed by atoms with Crippen LogP contribution in [0, 0.1) is 0 Å². The summed E-state index contributed by atoms with van der Waals surface area (Å²) in [5.74, 6) is 0.746. The highest BCUT2D eigenvalue weighted by atomic mass is 32.2. The second kappa shape index (κ2) is 10.7. The van der Waals surface area contributed by atoms with Crippen LogP contribution in [-0.2, 0) is 29.3 Å². The molecule has 3 aromatic rings. The molecular weight excluding hydrogens is 497 g/mol. The second-order valence-corrected chi connectivity index (χ2v) is 11.6. The lowest BCUT2D eigenvalue weighted by atomic mass is 10.1. The van der Waals surface area contributed by atoms with Crippen LogP contribution < -0.4 is 4.74 Å². The smallest absolute Gasteiger partial charge is 0.416 e. The van der Waals surface area contributed by atoms with Gasteiger partial charge >= 0.3 is 6.18 Å². The van der Waals surface area contributed by atoms with Gasteiger partial charge in [-0.2, -0.15) is 17.5 Å². The molecule has 0 radical (unpaired) electrons. The maximum Gasteiger partial charge on any atom is 0.416 e. The number of alkyl halides is 3. The SMILES string of the molecule is CN(Cc1cccc(OC2CCN(S(=O)(=O)c3ccc(C(F)(F)F)cc3)CC2)c1)Cc1cccs1. The minimum Gasteiger partial charge on any atom is -0.490 e. The van der Waals surface area contributed by atoms with Crippen molar-refractivity contribution >= 4 is 21.4 Å². The van der Waals surface area contributed by atoms with Gasteiger partial charge in [0.15, 0.2) is 0 Å². The minimum atomic E-state index is -4.51. The zero-order valence-electron chi connectivity index (χ0n) is 19.2. The molecule has 10 heteroatoms. The topological polar surface area (TPSA) is 49.9 Å². The molecule has 0 aliphatic carbocycles. The first-order valence-electron chi connectivity index (χ1n) is 11.3. The van der Waals surface area contributed by atoms with Crippen LogP contribution in [0.15, 0.2) is 70.9 Å². The molecule has 188 valence electrons. The Morgan fingerprint density at radius 1 is 1.03 bits per heavy atom. The Bertz CT molecular complexity index is 1210. The average Bonchev–Trinajstić information content (AvgIpc) is 3.32. The first-order valence-corrected chi connectivity index (χ1v) is 13.6. The van der Waals surface area contributed by atoms with Crippen molar-refractivity contribution in [3.8, 4) is 5.75 Å². The summed E-state index contributed by atoms with van der Waals surface area (Å²) in [4.78, 5) is 3.40. The van der Waals surface area contributed by atoms with Gasteiger partial charge in [-0.3, -0.25) is 4.90 Å². The van der Waals surface area contributed by atoms with E-state index in [1.54, 1.807) is 11.3 Å². The van der Waals surface area contributed by atoms with Crippen molar-refractivity contribution in [1.82, 2.24) is 9.21 Å². The van der Waals surface area contributed by atoms with E-state index in [1.165, 1.54) is 9.18 Å². The van der Waals surface area contributed by atoms with E-state index < -0.39 is 21.8 Å². The number of ether oxygens (including phenoxy) is 1. The third-order valence-electron chi connectivity index (χ3n) is 5.88. The van der Waals surface area contributed by atoms with Crippen LogP contribution in [0.1, 0.15) is 28.8 Å². The van der Waals surface area contributed by atoms with Crippen molar-refractivity contribution in [3.05, 3.63) is 82.0 Å². The fourth-order valence-electron chi connectivity index (χ4n) is 4.10. The minimum absolute atomic E-state index is 0.131. The lowest BCUT2D eigenvalue weighted by molar-refractivity contribution is -0.137. The van der Waals surface area contributed by atoms with Crippen molar-refractivity contribution < 1.29 is 26.3 Å². The van der Waals surface area contributed by atoms with E-state index >= 15 is 0 Å². The van der Waals surface area contributed by atoms with Gasteiger partial charge in [-0.15, -0.1) is 11.3 Å². The molecule has 1 saturated heterocycles. The van der Waals surface area contributed by atoms with Gasteiger partial charge in [0, 0.05) is 31.1 Å². The molecule has 5 nitrogen and oxygen atoms in total. The first-order chi connectivity index (χ1) is 16.6. The maximum atomic E-state index is 12.9. The number of halogens is 3. The van der Waals surface area contributed by atoms with Gasteiger partial charge in [0.1, 0.15) is 11.9 Å². The summed E-state index contributed by atoms with van der Waals surface area (Å²) in [6, 6.07) is 15.7. The molecule has 0 amide bonds.